The third kappa shape index (κ3) is 3.98. The van der Waals surface area contributed by atoms with Gasteiger partial charge in [0, 0.05) is 43.8 Å². The van der Waals surface area contributed by atoms with E-state index in [0.29, 0.717) is 5.92 Å². The quantitative estimate of drug-likeness (QED) is 0.803. The van der Waals surface area contributed by atoms with Crippen LogP contribution >= 0.6 is 0 Å². The van der Waals surface area contributed by atoms with Gasteiger partial charge >= 0.3 is 0 Å². The van der Waals surface area contributed by atoms with E-state index in [4.69, 9.17) is 0 Å². The van der Waals surface area contributed by atoms with E-state index in [1.54, 1.807) is 0 Å². The predicted octanol–water partition coefficient (Wildman–Crippen LogP) is 2.67. The Balaban J connectivity index is 1.95. The molecule has 18 heavy (non-hydrogen) atoms. The van der Waals surface area contributed by atoms with Crippen molar-refractivity contribution in [1.29, 1.82) is 0 Å². The maximum atomic E-state index is 4.25. The average Bonchev–Trinajstić information content (AvgIpc) is 3.13. The molecule has 1 saturated carbocycles. The van der Waals surface area contributed by atoms with E-state index in [0.717, 1.165) is 19.0 Å². The second-order valence-corrected chi connectivity index (χ2v) is 5.85. The summed E-state index contributed by atoms with van der Waals surface area (Å²) < 4.78 is 0. The van der Waals surface area contributed by atoms with Crippen LogP contribution < -0.4 is 10.2 Å². The number of anilines is 1. The molecule has 0 amide bonds. The Labute approximate surface area is 111 Å². The Morgan fingerprint density at radius 1 is 1.44 bits per heavy atom. The van der Waals surface area contributed by atoms with Gasteiger partial charge in [-0.15, -0.1) is 0 Å². The molecule has 1 heterocycles. The van der Waals surface area contributed by atoms with Gasteiger partial charge < -0.3 is 10.2 Å². The summed E-state index contributed by atoms with van der Waals surface area (Å²) in [6.07, 6.45) is 6.68. The lowest BCUT2D eigenvalue weighted by Crippen LogP contribution is -2.24. The Kier molecular flexibility index (Phi) is 4.59. The van der Waals surface area contributed by atoms with Gasteiger partial charge in [0.1, 0.15) is 0 Å². The summed E-state index contributed by atoms with van der Waals surface area (Å²) in [6, 6.07) is 2.13. The zero-order valence-corrected chi connectivity index (χ0v) is 11.8. The van der Waals surface area contributed by atoms with Crippen molar-refractivity contribution in [2.75, 3.05) is 25.0 Å². The minimum atomic E-state index is 0.689. The molecule has 100 valence electrons. The number of hydrogen-bond donors (Lipinski definition) is 1. The summed E-state index contributed by atoms with van der Waals surface area (Å²) in [5.74, 6) is 1.61. The summed E-state index contributed by atoms with van der Waals surface area (Å²) in [4.78, 5) is 6.63. The third-order valence-corrected chi connectivity index (χ3v) is 3.39. The highest BCUT2D eigenvalue weighted by Crippen LogP contribution is 2.31. The minimum absolute atomic E-state index is 0.689. The maximum absolute atomic E-state index is 4.25. The average molecular weight is 247 g/mol. The molecule has 0 bridgehead atoms. The van der Waals surface area contributed by atoms with Crippen molar-refractivity contribution < 1.29 is 0 Å². The lowest BCUT2D eigenvalue weighted by Gasteiger charge is -2.22. The highest BCUT2D eigenvalue weighted by atomic mass is 15.1. The number of pyridine rings is 1. The van der Waals surface area contributed by atoms with Crippen LogP contribution in [0.4, 0.5) is 5.69 Å². The fraction of sp³-hybridized carbons (Fsp3) is 0.667. The van der Waals surface area contributed by atoms with Crippen molar-refractivity contribution in [1.82, 2.24) is 10.3 Å². The first kappa shape index (κ1) is 13.3. The first-order chi connectivity index (χ1) is 8.66. The Morgan fingerprint density at radius 3 is 2.89 bits per heavy atom. The van der Waals surface area contributed by atoms with Crippen LogP contribution in [-0.4, -0.2) is 25.1 Å². The van der Waals surface area contributed by atoms with E-state index in [1.807, 2.05) is 12.4 Å². The highest BCUT2D eigenvalue weighted by Gasteiger charge is 2.23. The molecule has 0 aromatic carbocycles. The molecule has 1 N–H and O–H groups in total. The molecule has 0 saturated heterocycles. The number of hydrogen-bond acceptors (Lipinski definition) is 3. The molecular weight excluding hydrogens is 222 g/mol. The Bertz CT molecular complexity index is 372. The largest absolute Gasteiger partial charge is 0.374 e. The van der Waals surface area contributed by atoms with Crippen LogP contribution in [0.1, 0.15) is 32.3 Å². The number of aromatic nitrogens is 1. The van der Waals surface area contributed by atoms with E-state index in [2.05, 4.69) is 42.2 Å². The molecule has 3 nitrogen and oxygen atoms in total. The van der Waals surface area contributed by atoms with Crippen molar-refractivity contribution in [2.45, 2.75) is 33.2 Å². The zero-order valence-electron chi connectivity index (χ0n) is 11.8. The molecule has 0 spiro atoms. The molecule has 1 aliphatic carbocycles. The molecule has 3 heteroatoms. The first-order valence-corrected chi connectivity index (χ1v) is 7.01. The Hall–Kier alpha value is -1.09. The van der Waals surface area contributed by atoms with Crippen molar-refractivity contribution >= 4 is 5.69 Å². The van der Waals surface area contributed by atoms with Crippen LogP contribution in [0.3, 0.4) is 0 Å². The summed E-state index contributed by atoms with van der Waals surface area (Å²) in [5.41, 5.74) is 2.63. The molecule has 0 unspecified atom stereocenters. The molecule has 0 atom stereocenters. The van der Waals surface area contributed by atoms with Gasteiger partial charge in [-0.2, -0.15) is 0 Å². The summed E-state index contributed by atoms with van der Waals surface area (Å²) in [5, 5.41) is 3.50. The fourth-order valence-electron chi connectivity index (χ4n) is 2.21. The molecule has 0 radical (unpaired) electrons. The van der Waals surface area contributed by atoms with Crippen LogP contribution in [-0.2, 0) is 6.54 Å². The van der Waals surface area contributed by atoms with E-state index >= 15 is 0 Å². The van der Waals surface area contributed by atoms with Crippen LogP contribution in [0.15, 0.2) is 18.5 Å². The highest BCUT2D eigenvalue weighted by molar-refractivity contribution is 5.51. The summed E-state index contributed by atoms with van der Waals surface area (Å²) >= 11 is 0. The van der Waals surface area contributed by atoms with Crippen molar-refractivity contribution in [3.05, 3.63) is 24.0 Å². The lowest BCUT2D eigenvalue weighted by atomic mass is 10.2. The zero-order chi connectivity index (χ0) is 13.0. The summed E-state index contributed by atoms with van der Waals surface area (Å²) in [6.45, 7) is 7.62. The van der Waals surface area contributed by atoms with Gasteiger partial charge in [0.15, 0.2) is 0 Å². The van der Waals surface area contributed by atoms with E-state index in [-0.39, 0.29) is 0 Å². The van der Waals surface area contributed by atoms with Crippen molar-refractivity contribution in [3.8, 4) is 0 Å². The van der Waals surface area contributed by atoms with Crippen molar-refractivity contribution in [2.24, 2.45) is 11.8 Å². The van der Waals surface area contributed by atoms with Crippen LogP contribution in [0.5, 0.6) is 0 Å². The summed E-state index contributed by atoms with van der Waals surface area (Å²) in [7, 11) is 2.19. The van der Waals surface area contributed by atoms with E-state index in [1.165, 1.54) is 30.6 Å². The van der Waals surface area contributed by atoms with Crippen LogP contribution in [0.25, 0.3) is 0 Å². The fourth-order valence-corrected chi connectivity index (χ4v) is 2.21. The second kappa shape index (κ2) is 6.19. The predicted molar refractivity (Wildman–Crippen MR) is 76.8 cm³/mol. The second-order valence-electron chi connectivity index (χ2n) is 5.85. The van der Waals surface area contributed by atoms with Crippen molar-refractivity contribution in [3.63, 3.8) is 0 Å². The van der Waals surface area contributed by atoms with Crippen LogP contribution in [0, 0.1) is 11.8 Å². The van der Waals surface area contributed by atoms with Gasteiger partial charge in [-0.1, -0.05) is 13.8 Å². The standard InChI is InChI=1S/C15H25N3/c1-12(2)8-17-10-14-9-16-7-6-15(14)18(3)11-13-4-5-13/h6-7,9,12-13,17H,4-5,8,10-11H2,1-3H3. The molecule has 1 aromatic heterocycles. The van der Waals surface area contributed by atoms with Gasteiger partial charge in [0.25, 0.3) is 0 Å². The molecule has 2 rings (SSSR count). The number of nitrogens with zero attached hydrogens (tertiary/aromatic N) is 2. The third-order valence-electron chi connectivity index (χ3n) is 3.39. The van der Waals surface area contributed by atoms with E-state index in [9.17, 15) is 0 Å². The molecule has 1 aliphatic rings. The Morgan fingerprint density at radius 2 is 2.22 bits per heavy atom. The monoisotopic (exact) mass is 247 g/mol. The lowest BCUT2D eigenvalue weighted by molar-refractivity contribution is 0.551. The number of nitrogens with one attached hydrogen (secondary N) is 1. The molecule has 1 fully saturated rings. The molecular formula is C15H25N3. The SMILES string of the molecule is CC(C)CNCc1cnccc1N(C)CC1CC1. The normalized spacial score (nSPS) is 15.1. The smallest absolute Gasteiger partial charge is 0.0440 e. The topological polar surface area (TPSA) is 28.2 Å². The minimum Gasteiger partial charge on any atom is -0.374 e. The molecule has 1 aromatic rings. The van der Waals surface area contributed by atoms with Gasteiger partial charge in [-0.05, 0) is 37.3 Å². The van der Waals surface area contributed by atoms with Crippen LogP contribution in [0.2, 0.25) is 0 Å². The van der Waals surface area contributed by atoms with E-state index < -0.39 is 0 Å². The first-order valence-electron chi connectivity index (χ1n) is 7.01. The van der Waals surface area contributed by atoms with Gasteiger partial charge in [-0.25, -0.2) is 0 Å². The number of rotatable bonds is 7. The van der Waals surface area contributed by atoms with Gasteiger partial charge in [0.2, 0.25) is 0 Å². The van der Waals surface area contributed by atoms with Gasteiger partial charge in [-0.3, -0.25) is 4.98 Å². The maximum Gasteiger partial charge on any atom is 0.0440 e. The van der Waals surface area contributed by atoms with Gasteiger partial charge in [0.05, 0.1) is 0 Å². The molecule has 0 aliphatic heterocycles.